The SMILES string of the molecule is O=C(c1csnn1)N(CCCl)Cc1ccccc1. The second-order valence-corrected chi connectivity index (χ2v) is 4.68. The first-order valence-corrected chi connectivity index (χ1v) is 6.84. The third-order valence-corrected chi connectivity index (χ3v) is 3.11. The van der Waals surface area contributed by atoms with E-state index in [9.17, 15) is 4.79 Å². The van der Waals surface area contributed by atoms with E-state index in [2.05, 4.69) is 9.59 Å². The number of nitrogens with zero attached hydrogens (tertiary/aromatic N) is 3. The molecule has 94 valence electrons. The second-order valence-electron chi connectivity index (χ2n) is 3.69. The van der Waals surface area contributed by atoms with Gasteiger partial charge in [0.2, 0.25) is 0 Å². The summed E-state index contributed by atoms with van der Waals surface area (Å²) in [6.45, 7) is 1.02. The van der Waals surface area contributed by atoms with Gasteiger partial charge < -0.3 is 4.90 Å². The highest BCUT2D eigenvalue weighted by Crippen LogP contribution is 2.09. The van der Waals surface area contributed by atoms with Gasteiger partial charge in [0.05, 0.1) is 0 Å². The summed E-state index contributed by atoms with van der Waals surface area (Å²) >= 11 is 6.91. The molecular formula is C12H12ClN3OS. The zero-order valence-electron chi connectivity index (χ0n) is 9.62. The molecule has 1 aromatic heterocycles. The molecule has 0 aliphatic carbocycles. The topological polar surface area (TPSA) is 46.1 Å². The number of hydrogen-bond acceptors (Lipinski definition) is 4. The van der Waals surface area contributed by atoms with E-state index in [0.717, 1.165) is 5.56 Å². The first kappa shape index (κ1) is 13.0. The maximum Gasteiger partial charge on any atom is 0.275 e. The fourth-order valence-electron chi connectivity index (χ4n) is 1.58. The molecule has 1 heterocycles. The van der Waals surface area contributed by atoms with Crippen molar-refractivity contribution in [3.05, 3.63) is 47.0 Å². The van der Waals surface area contributed by atoms with Crippen LogP contribution in [0.2, 0.25) is 0 Å². The normalized spacial score (nSPS) is 10.3. The number of benzene rings is 1. The van der Waals surface area contributed by atoms with Gasteiger partial charge >= 0.3 is 0 Å². The van der Waals surface area contributed by atoms with Crippen LogP contribution in [0.5, 0.6) is 0 Å². The van der Waals surface area contributed by atoms with Crippen LogP contribution in [0.15, 0.2) is 35.7 Å². The Balaban J connectivity index is 2.11. The Morgan fingerprint density at radius 1 is 1.33 bits per heavy atom. The van der Waals surface area contributed by atoms with E-state index in [1.54, 1.807) is 10.3 Å². The van der Waals surface area contributed by atoms with Crippen LogP contribution < -0.4 is 0 Å². The molecule has 0 radical (unpaired) electrons. The zero-order chi connectivity index (χ0) is 12.8. The Kier molecular flexibility index (Phi) is 4.66. The van der Waals surface area contributed by atoms with E-state index < -0.39 is 0 Å². The Hall–Kier alpha value is -1.46. The Bertz CT molecular complexity index is 489. The highest BCUT2D eigenvalue weighted by atomic mass is 35.5. The molecule has 0 aliphatic heterocycles. The van der Waals surface area contributed by atoms with E-state index in [1.807, 2.05) is 30.3 Å². The molecule has 4 nitrogen and oxygen atoms in total. The monoisotopic (exact) mass is 281 g/mol. The van der Waals surface area contributed by atoms with Crippen LogP contribution in [0.4, 0.5) is 0 Å². The van der Waals surface area contributed by atoms with Crippen LogP contribution in [0.3, 0.4) is 0 Å². The molecule has 0 spiro atoms. The van der Waals surface area contributed by atoms with Crippen molar-refractivity contribution in [2.75, 3.05) is 12.4 Å². The number of hydrogen-bond donors (Lipinski definition) is 0. The molecule has 2 rings (SSSR count). The van der Waals surface area contributed by atoms with E-state index in [1.165, 1.54) is 11.5 Å². The van der Waals surface area contributed by atoms with Gasteiger partial charge in [0.15, 0.2) is 5.69 Å². The standard InChI is InChI=1S/C12H12ClN3OS/c13-6-7-16(8-10-4-2-1-3-5-10)12(17)11-9-18-15-14-11/h1-5,9H,6-8H2. The number of aromatic nitrogens is 2. The zero-order valence-corrected chi connectivity index (χ0v) is 11.2. The maximum atomic E-state index is 12.2. The van der Waals surface area contributed by atoms with Crippen molar-refractivity contribution in [2.45, 2.75) is 6.54 Å². The maximum absolute atomic E-state index is 12.2. The van der Waals surface area contributed by atoms with Gasteiger partial charge in [-0.1, -0.05) is 34.8 Å². The summed E-state index contributed by atoms with van der Waals surface area (Å²) in [5.41, 5.74) is 1.44. The van der Waals surface area contributed by atoms with Gasteiger partial charge in [-0.3, -0.25) is 4.79 Å². The molecule has 0 N–H and O–H groups in total. The highest BCUT2D eigenvalue weighted by Gasteiger charge is 2.17. The minimum absolute atomic E-state index is 0.131. The minimum atomic E-state index is -0.131. The van der Waals surface area contributed by atoms with Gasteiger partial charge in [0, 0.05) is 24.3 Å². The Morgan fingerprint density at radius 2 is 2.11 bits per heavy atom. The number of carbonyl (C=O) groups excluding carboxylic acids is 1. The fraction of sp³-hybridized carbons (Fsp3) is 0.250. The van der Waals surface area contributed by atoms with Crippen LogP contribution in [-0.2, 0) is 6.54 Å². The molecule has 2 aromatic rings. The summed E-state index contributed by atoms with van der Waals surface area (Å²) in [5, 5.41) is 5.44. The number of carbonyl (C=O) groups is 1. The molecule has 0 atom stereocenters. The Labute approximate surface area is 114 Å². The second kappa shape index (κ2) is 6.47. The first-order valence-electron chi connectivity index (χ1n) is 5.47. The average Bonchev–Trinajstić information content (AvgIpc) is 2.92. The van der Waals surface area contributed by atoms with Crippen molar-refractivity contribution in [2.24, 2.45) is 0 Å². The lowest BCUT2D eigenvalue weighted by molar-refractivity contribution is 0.0748. The smallest absolute Gasteiger partial charge is 0.275 e. The largest absolute Gasteiger partial charge is 0.332 e. The van der Waals surface area contributed by atoms with E-state index >= 15 is 0 Å². The lowest BCUT2D eigenvalue weighted by Crippen LogP contribution is -2.32. The predicted molar refractivity (Wildman–Crippen MR) is 71.8 cm³/mol. The third kappa shape index (κ3) is 3.27. The fourth-order valence-corrected chi connectivity index (χ4v) is 2.21. The van der Waals surface area contributed by atoms with Crippen LogP contribution in [0.25, 0.3) is 0 Å². The van der Waals surface area contributed by atoms with Crippen LogP contribution in [0, 0.1) is 0 Å². The lowest BCUT2D eigenvalue weighted by Gasteiger charge is -2.20. The number of halogens is 1. The van der Waals surface area contributed by atoms with Crippen molar-refractivity contribution in [3.63, 3.8) is 0 Å². The van der Waals surface area contributed by atoms with Crippen molar-refractivity contribution in [3.8, 4) is 0 Å². The molecule has 0 saturated carbocycles. The highest BCUT2D eigenvalue weighted by molar-refractivity contribution is 7.03. The van der Waals surface area contributed by atoms with Crippen molar-refractivity contribution in [1.82, 2.24) is 14.5 Å². The molecule has 0 aliphatic rings. The van der Waals surface area contributed by atoms with Gasteiger partial charge in [-0.2, -0.15) is 0 Å². The molecule has 18 heavy (non-hydrogen) atoms. The molecular weight excluding hydrogens is 270 g/mol. The molecule has 0 bridgehead atoms. The summed E-state index contributed by atoms with van der Waals surface area (Å²) in [5.74, 6) is 0.268. The molecule has 0 fully saturated rings. The van der Waals surface area contributed by atoms with Crippen LogP contribution >= 0.6 is 23.1 Å². The first-order chi connectivity index (χ1) is 8.81. The minimum Gasteiger partial charge on any atom is -0.332 e. The Morgan fingerprint density at radius 3 is 2.72 bits per heavy atom. The summed E-state index contributed by atoms with van der Waals surface area (Å²) in [6.07, 6.45) is 0. The summed E-state index contributed by atoms with van der Waals surface area (Å²) in [7, 11) is 0. The summed E-state index contributed by atoms with van der Waals surface area (Å²) in [6, 6.07) is 9.80. The number of alkyl halides is 1. The van der Waals surface area contributed by atoms with Gasteiger partial charge in [0.25, 0.3) is 5.91 Å². The average molecular weight is 282 g/mol. The van der Waals surface area contributed by atoms with Crippen molar-refractivity contribution in [1.29, 1.82) is 0 Å². The van der Waals surface area contributed by atoms with Gasteiger partial charge in [-0.05, 0) is 17.1 Å². The lowest BCUT2D eigenvalue weighted by atomic mass is 10.2. The number of rotatable bonds is 5. The van der Waals surface area contributed by atoms with Crippen LogP contribution in [-0.4, -0.2) is 32.8 Å². The van der Waals surface area contributed by atoms with Gasteiger partial charge in [-0.25, -0.2) is 0 Å². The van der Waals surface area contributed by atoms with E-state index in [0.29, 0.717) is 24.7 Å². The van der Waals surface area contributed by atoms with Gasteiger partial charge in [-0.15, -0.1) is 16.7 Å². The van der Waals surface area contributed by atoms with Gasteiger partial charge in [0.1, 0.15) is 0 Å². The predicted octanol–water partition coefficient (Wildman–Crippen LogP) is 2.42. The molecule has 0 unspecified atom stereocenters. The number of amides is 1. The molecule has 6 heteroatoms. The molecule has 1 aromatic carbocycles. The van der Waals surface area contributed by atoms with Crippen molar-refractivity contribution < 1.29 is 4.79 Å². The third-order valence-electron chi connectivity index (χ3n) is 2.44. The van der Waals surface area contributed by atoms with E-state index in [4.69, 9.17) is 11.6 Å². The summed E-state index contributed by atoms with van der Waals surface area (Å²) in [4.78, 5) is 13.9. The van der Waals surface area contributed by atoms with Crippen LogP contribution in [0.1, 0.15) is 16.1 Å². The van der Waals surface area contributed by atoms with E-state index in [-0.39, 0.29) is 5.91 Å². The molecule has 1 amide bonds. The summed E-state index contributed by atoms with van der Waals surface area (Å²) < 4.78 is 3.70. The van der Waals surface area contributed by atoms with Crippen molar-refractivity contribution >= 4 is 29.0 Å². The molecule has 0 saturated heterocycles. The quantitative estimate of drug-likeness (QED) is 0.791.